The summed E-state index contributed by atoms with van der Waals surface area (Å²) in [4.78, 5) is 16.5. The van der Waals surface area contributed by atoms with Crippen LogP contribution in [0.3, 0.4) is 0 Å². The number of amides is 1. The second kappa shape index (κ2) is 9.68. The summed E-state index contributed by atoms with van der Waals surface area (Å²) in [5, 5.41) is 2.71. The molecule has 0 spiro atoms. The van der Waals surface area contributed by atoms with E-state index in [1.54, 1.807) is 12.1 Å². The van der Waals surface area contributed by atoms with Crippen molar-refractivity contribution in [1.82, 2.24) is 4.72 Å². The third kappa shape index (κ3) is 5.79. The molecule has 28 heavy (non-hydrogen) atoms. The molecule has 0 bridgehead atoms. The largest absolute Gasteiger partial charge is 0.326 e. The zero-order valence-electron chi connectivity index (χ0n) is 15.2. The van der Waals surface area contributed by atoms with Crippen molar-refractivity contribution >= 4 is 39.9 Å². The van der Waals surface area contributed by atoms with E-state index in [2.05, 4.69) is 15.0 Å². The first-order valence-electron chi connectivity index (χ1n) is 8.70. The summed E-state index contributed by atoms with van der Waals surface area (Å²) in [5.41, 5.74) is 7.33. The van der Waals surface area contributed by atoms with Crippen LogP contribution in [0, 0.1) is 0 Å². The summed E-state index contributed by atoms with van der Waals surface area (Å²) in [6.45, 7) is 0.635. The van der Waals surface area contributed by atoms with Gasteiger partial charge in [0.05, 0.1) is 4.90 Å². The van der Waals surface area contributed by atoms with Gasteiger partial charge in [-0.25, -0.2) is 8.42 Å². The van der Waals surface area contributed by atoms with Gasteiger partial charge in [-0.2, -0.15) is 0 Å². The number of hydrogen-bond donors (Lipinski definition) is 3. The number of carbonyl (C=O) groups excluding carboxylic acids is 1. The van der Waals surface area contributed by atoms with Crippen molar-refractivity contribution in [2.75, 3.05) is 11.9 Å². The Balaban J connectivity index is 0.00000280. The van der Waals surface area contributed by atoms with Crippen LogP contribution in [0.15, 0.2) is 64.5 Å². The van der Waals surface area contributed by atoms with E-state index >= 15 is 0 Å². The number of nitrogens with two attached hydrogens (primary N) is 1. The molecule has 1 aliphatic rings. The fourth-order valence-corrected chi connectivity index (χ4v) is 3.94. The van der Waals surface area contributed by atoms with Crippen LogP contribution < -0.4 is 15.8 Å². The molecule has 1 unspecified atom stereocenters. The number of anilines is 1. The minimum absolute atomic E-state index is 0. The van der Waals surface area contributed by atoms with Crippen molar-refractivity contribution in [3.05, 3.63) is 60.2 Å². The van der Waals surface area contributed by atoms with Crippen LogP contribution >= 0.6 is 12.4 Å². The zero-order chi connectivity index (χ0) is 19.3. The van der Waals surface area contributed by atoms with Gasteiger partial charge in [0, 0.05) is 31.1 Å². The van der Waals surface area contributed by atoms with Gasteiger partial charge in [-0.1, -0.05) is 36.4 Å². The van der Waals surface area contributed by atoms with E-state index in [0.717, 1.165) is 12.0 Å². The van der Waals surface area contributed by atoms with E-state index in [9.17, 15) is 13.2 Å². The lowest BCUT2D eigenvalue weighted by atomic mass is 10.0. The molecule has 0 radical (unpaired) electrons. The number of nitrogens with zero attached hydrogens (tertiary/aromatic N) is 1. The Hall–Kier alpha value is -2.42. The summed E-state index contributed by atoms with van der Waals surface area (Å²) in [6, 6.07) is 15.0. The summed E-state index contributed by atoms with van der Waals surface area (Å²) < 4.78 is 27.4. The summed E-state index contributed by atoms with van der Waals surface area (Å²) in [7, 11) is -3.72. The lowest BCUT2D eigenvalue weighted by Crippen LogP contribution is -2.29. The number of halogens is 1. The van der Waals surface area contributed by atoms with Crippen LogP contribution in [-0.4, -0.2) is 26.7 Å². The molecule has 1 aliphatic heterocycles. The van der Waals surface area contributed by atoms with Crippen LogP contribution in [0.25, 0.3) is 0 Å². The molecule has 3 rings (SSSR count). The Bertz CT molecular complexity index is 949. The van der Waals surface area contributed by atoms with Crippen LogP contribution in [0.4, 0.5) is 5.69 Å². The van der Waals surface area contributed by atoms with Gasteiger partial charge in [0.25, 0.3) is 10.0 Å². The maximum Gasteiger partial charge on any atom is 0.262 e. The minimum Gasteiger partial charge on any atom is -0.326 e. The van der Waals surface area contributed by atoms with Crippen LogP contribution in [0.5, 0.6) is 0 Å². The van der Waals surface area contributed by atoms with Crippen LogP contribution in [0.2, 0.25) is 0 Å². The highest BCUT2D eigenvalue weighted by atomic mass is 35.5. The van der Waals surface area contributed by atoms with Crippen molar-refractivity contribution in [2.24, 2.45) is 10.7 Å². The number of amidine groups is 1. The molecule has 0 saturated heterocycles. The number of hydrogen-bond acceptors (Lipinski definition) is 5. The number of sulfonamides is 1. The van der Waals surface area contributed by atoms with Crippen molar-refractivity contribution in [3.8, 4) is 0 Å². The Morgan fingerprint density at radius 3 is 2.57 bits per heavy atom. The Kier molecular flexibility index (Phi) is 7.56. The second-order valence-corrected chi connectivity index (χ2v) is 8.02. The number of carbonyl (C=O) groups is 1. The first kappa shape index (κ1) is 21.9. The molecule has 0 saturated carbocycles. The van der Waals surface area contributed by atoms with Crippen molar-refractivity contribution in [2.45, 2.75) is 30.2 Å². The molecule has 9 heteroatoms. The van der Waals surface area contributed by atoms with Gasteiger partial charge in [0.2, 0.25) is 5.91 Å². The van der Waals surface area contributed by atoms with Gasteiger partial charge in [0.1, 0.15) is 5.84 Å². The molecule has 1 amide bonds. The lowest BCUT2D eigenvalue weighted by Gasteiger charge is -2.13. The maximum atomic E-state index is 12.5. The van der Waals surface area contributed by atoms with Gasteiger partial charge in [-0.3, -0.25) is 14.5 Å². The zero-order valence-corrected chi connectivity index (χ0v) is 16.8. The number of nitrogens with one attached hydrogen (secondary N) is 2. The topological polar surface area (TPSA) is 114 Å². The molecule has 4 N–H and O–H groups in total. The number of rotatable bonds is 6. The van der Waals surface area contributed by atoms with Crippen LogP contribution in [-0.2, 0) is 14.8 Å². The number of benzene rings is 2. The molecular weight excluding hydrogens is 400 g/mol. The Morgan fingerprint density at radius 2 is 1.89 bits per heavy atom. The van der Waals surface area contributed by atoms with Gasteiger partial charge in [-0.15, -0.1) is 12.4 Å². The molecule has 0 aliphatic carbocycles. The first-order valence-corrected chi connectivity index (χ1v) is 10.2. The predicted molar refractivity (Wildman–Crippen MR) is 112 cm³/mol. The van der Waals surface area contributed by atoms with Crippen molar-refractivity contribution in [3.63, 3.8) is 0 Å². The molecule has 2 aromatic rings. The molecular formula is C19H23ClN4O3S. The van der Waals surface area contributed by atoms with E-state index in [0.29, 0.717) is 24.5 Å². The first-order chi connectivity index (χ1) is 12.9. The van der Waals surface area contributed by atoms with Gasteiger partial charge in [-0.05, 0) is 30.2 Å². The van der Waals surface area contributed by atoms with E-state index in [1.165, 1.54) is 12.1 Å². The quantitative estimate of drug-likeness (QED) is 0.663. The number of aliphatic imine (C=N–C) groups is 1. The van der Waals surface area contributed by atoms with Gasteiger partial charge < -0.3 is 11.1 Å². The molecule has 0 fully saturated rings. The third-order valence-corrected chi connectivity index (χ3v) is 5.57. The van der Waals surface area contributed by atoms with E-state index < -0.39 is 16.1 Å². The smallest absolute Gasteiger partial charge is 0.262 e. The highest BCUT2D eigenvalue weighted by molar-refractivity contribution is 7.90. The molecule has 1 heterocycles. The standard InChI is InChI=1S/C19H22N4O3S.ClH/c20-17(14-6-2-1-3-7-14)13-19(24)22-15-8-4-9-16(12-15)27(25,26)23-18-10-5-11-21-18;/h1-4,6-9,12,17H,5,10-11,13,20H2,(H,21,23)(H,22,24);1H. The fraction of sp³-hybridized carbons (Fsp3) is 0.263. The fourth-order valence-electron chi connectivity index (χ4n) is 2.81. The average molecular weight is 423 g/mol. The van der Waals surface area contributed by atoms with Gasteiger partial charge >= 0.3 is 0 Å². The highest BCUT2D eigenvalue weighted by Crippen LogP contribution is 2.18. The molecule has 1 atom stereocenters. The summed E-state index contributed by atoms with van der Waals surface area (Å²) in [5.74, 6) is 0.187. The molecule has 150 valence electrons. The maximum absolute atomic E-state index is 12.5. The summed E-state index contributed by atoms with van der Waals surface area (Å²) >= 11 is 0. The Labute approximate surface area is 170 Å². The Morgan fingerprint density at radius 1 is 1.14 bits per heavy atom. The average Bonchev–Trinajstić information content (AvgIpc) is 3.15. The SMILES string of the molecule is Cl.NC(CC(=O)Nc1cccc(S(=O)(=O)NC2=NCCC2)c1)c1ccccc1. The van der Waals surface area contributed by atoms with E-state index in [4.69, 9.17) is 5.73 Å². The van der Waals surface area contributed by atoms with Crippen molar-refractivity contribution in [1.29, 1.82) is 0 Å². The van der Waals surface area contributed by atoms with Crippen molar-refractivity contribution < 1.29 is 13.2 Å². The minimum atomic E-state index is -3.72. The third-order valence-electron chi connectivity index (χ3n) is 4.19. The molecule has 7 nitrogen and oxygen atoms in total. The van der Waals surface area contributed by atoms with Crippen LogP contribution in [0.1, 0.15) is 30.9 Å². The normalized spacial score (nSPS) is 14.5. The summed E-state index contributed by atoms with van der Waals surface area (Å²) in [6.07, 6.45) is 1.55. The molecule has 0 aromatic heterocycles. The molecule has 2 aromatic carbocycles. The monoisotopic (exact) mass is 422 g/mol. The van der Waals surface area contributed by atoms with E-state index in [-0.39, 0.29) is 29.6 Å². The van der Waals surface area contributed by atoms with Gasteiger partial charge in [0.15, 0.2) is 0 Å². The van der Waals surface area contributed by atoms with E-state index in [1.807, 2.05) is 30.3 Å². The highest BCUT2D eigenvalue weighted by Gasteiger charge is 2.19. The second-order valence-electron chi connectivity index (χ2n) is 6.33. The lowest BCUT2D eigenvalue weighted by molar-refractivity contribution is -0.116. The predicted octanol–water partition coefficient (Wildman–Crippen LogP) is 2.61.